The fraction of sp³-hybridized carbons (Fsp3) is 0.367. The first-order chi connectivity index (χ1) is 17.5. The van der Waals surface area contributed by atoms with Gasteiger partial charge < -0.3 is 19.9 Å². The van der Waals surface area contributed by atoms with Crippen molar-refractivity contribution in [2.24, 2.45) is 0 Å². The number of aliphatic hydroxyl groups excluding tert-OH is 1. The molecule has 0 saturated carbocycles. The van der Waals surface area contributed by atoms with Crippen molar-refractivity contribution in [1.29, 1.82) is 0 Å². The fourth-order valence-corrected chi connectivity index (χ4v) is 5.29. The molecule has 6 heteroatoms. The molecule has 1 heterocycles. The number of hydrogen-bond acceptors (Lipinski definition) is 5. The number of ether oxygens (including phenoxy) is 2. The number of nitrogens with one attached hydrogen (secondary N) is 1. The highest BCUT2D eigenvalue weighted by Gasteiger charge is 2.41. The molecular weight excluding hydrogens is 452 g/mol. The Morgan fingerprint density at radius 1 is 1.03 bits per heavy atom. The second-order valence-corrected chi connectivity index (χ2v) is 9.33. The van der Waals surface area contributed by atoms with Gasteiger partial charge in [-0.1, -0.05) is 67.6 Å². The molecule has 36 heavy (non-hydrogen) atoms. The summed E-state index contributed by atoms with van der Waals surface area (Å²) in [5, 5.41) is 13.5. The number of nitrogens with zero attached hydrogens (tertiary/aromatic N) is 1. The van der Waals surface area contributed by atoms with Crippen LogP contribution in [0.1, 0.15) is 42.5 Å². The minimum absolute atomic E-state index is 0.0648. The maximum atomic E-state index is 14.4. The Labute approximate surface area is 213 Å². The molecule has 0 aromatic heterocycles. The van der Waals surface area contributed by atoms with Crippen molar-refractivity contribution in [3.05, 3.63) is 95.6 Å². The maximum absolute atomic E-state index is 14.4. The van der Waals surface area contributed by atoms with E-state index in [2.05, 4.69) is 17.1 Å². The third-order valence-electron chi connectivity index (χ3n) is 7.26. The molecule has 1 aliphatic heterocycles. The van der Waals surface area contributed by atoms with Gasteiger partial charge in [-0.25, -0.2) is 0 Å². The minimum atomic E-state index is -0.856. The number of β-amino-alcohol motifs (C(OH)–C–C–N with tert-alkyl or cyclic N) is 1. The van der Waals surface area contributed by atoms with Crippen molar-refractivity contribution in [2.75, 3.05) is 33.9 Å². The summed E-state index contributed by atoms with van der Waals surface area (Å²) in [5.74, 6) is 1.28. The van der Waals surface area contributed by atoms with E-state index in [4.69, 9.17) is 9.47 Å². The van der Waals surface area contributed by atoms with Crippen LogP contribution in [0, 0.1) is 0 Å². The van der Waals surface area contributed by atoms with E-state index in [1.54, 1.807) is 14.2 Å². The van der Waals surface area contributed by atoms with E-state index in [0.717, 1.165) is 29.7 Å². The molecule has 1 aliphatic rings. The van der Waals surface area contributed by atoms with Crippen LogP contribution in [0.4, 0.5) is 0 Å². The lowest BCUT2D eigenvalue weighted by molar-refractivity contribution is -0.126. The van der Waals surface area contributed by atoms with E-state index in [0.29, 0.717) is 31.0 Å². The first-order valence-electron chi connectivity index (χ1n) is 12.6. The lowest BCUT2D eigenvalue weighted by Crippen LogP contribution is -2.48. The van der Waals surface area contributed by atoms with Gasteiger partial charge in [0.25, 0.3) is 0 Å². The maximum Gasteiger partial charge on any atom is 0.235 e. The van der Waals surface area contributed by atoms with Crippen molar-refractivity contribution in [1.82, 2.24) is 10.2 Å². The summed E-state index contributed by atoms with van der Waals surface area (Å²) < 4.78 is 11.1. The van der Waals surface area contributed by atoms with Crippen LogP contribution >= 0.6 is 0 Å². The van der Waals surface area contributed by atoms with E-state index in [9.17, 15) is 9.90 Å². The predicted octanol–water partition coefficient (Wildman–Crippen LogP) is 4.32. The van der Waals surface area contributed by atoms with Gasteiger partial charge in [-0.3, -0.25) is 9.69 Å². The second-order valence-electron chi connectivity index (χ2n) is 9.33. The topological polar surface area (TPSA) is 71.0 Å². The number of carbonyl (C=O) groups excluding carboxylic acids is 1. The Bertz CT molecular complexity index is 1100. The van der Waals surface area contributed by atoms with Crippen molar-refractivity contribution >= 4 is 5.91 Å². The first kappa shape index (κ1) is 25.7. The lowest BCUT2D eigenvalue weighted by Gasteiger charge is -2.35. The molecule has 0 spiro atoms. The average Bonchev–Trinajstić information content (AvgIpc) is 3.34. The van der Waals surface area contributed by atoms with Gasteiger partial charge in [0, 0.05) is 31.3 Å². The normalized spacial score (nSPS) is 16.9. The smallest absolute Gasteiger partial charge is 0.235 e. The number of likely N-dealkylation sites (tertiary alicyclic amines) is 1. The Kier molecular flexibility index (Phi) is 8.28. The standard InChI is InChI=1S/C30H36N2O4/c1-4-30(22-11-7-5-8-12-22,23-13-9-6-10-14-23)29(34)31-27(21-32-18-17-24(33)20-32)26-16-15-25(35-2)19-28(26)36-3/h5-16,19,24,27,33H,4,17-18,20-21H2,1-3H3,(H,31,34)/t24?,27-/m1/s1. The van der Waals surface area contributed by atoms with Gasteiger partial charge in [0.2, 0.25) is 5.91 Å². The predicted molar refractivity (Wildman–Crippen MR) is 141 cm³/mol. The highest BCUT2D eigenvalue weighted by molar-refractivity contribution is 5.92. The third kappa shape index (κ3) is 5.25. The van der Waals surface area contributed by atoms with Crippen molar-refractivity contribution < 1.29 is 19.4 Å². The quantitative estimate of drug-likeness (QED) is 0.445. The zero-order valence-electron chi connectivity index (χ0n) is 21.3. The van der Waals surface area contributed by atoms with E-state index >= 15 is 0 Å². The Balaban J connectivity index is 1.76. The molecule has 4 rings (SSSR count). The number of hydrogen-bond donors (Lipinski definition) is 2. The summed E-state index contributed by atoms with van der Waals surface area (Å²) in [5.41, 5.74) is 1.92. The fourth-order valence-electron chi connectivity index (χ4n) is 5.29. The Hall–Kier alpha value is -3.35. The van der Waals surface area contributed by atoms with Crippen LogP contribution in [-0.2, 0) is 10.2 Å². The molecule has 3 aromatic carbocycles. The lowest BCUT2D eigenvalue weighted by atomic mass is 9.71. The molecule has 0 aliphatic carbocycles. The molecule has 0 radical (unpaired) electrons. The van der Waals surface area contributed by atoms with Crippen LogP contribution in [0.5, 0.6) is 11.5 Å². The number of amides is 1. The summed E-state index contributed by atoms with van der Waals surface area (Å²) in [4.78, 5) is 16.6. The van der Waals surface area contributed by atoms with E-state index in [1.807, 2.05) is 78.9 Å². The van der Waals surface area contributed by atoms with Gasteiger partial charge in [0.05, 0.1) is 31.8 Å². The van der Waals surface area contributed by atoms with Crippen molar-refractivity contribution in [3.8, 4) is 11.5 Å². The Morgan fingerprint density at radius 2 is 1.67 bits per heavy atom. The zero-order valence-corrected chi connectivity index (χ0v) is 21.3. The van der Waals surface area contributed by atoms with Crippen LogP contribution in [0.3, 0.4) is 0 Å². The Morgan fingerprint density at radius 3 is 2.17 bits per heavy atom. The molecular formula is C30H36N2O4. The molecule has 1 fully saturated rings. The van der Waals surface area contributed by atoms with Crippen molar-refractivity contribution in [3.63, 3.8) is 0 Å². The highest BCUT2D eigenvalue weighted by atomic mass is 16.5. The molecule has 6 nitrogen and oxygen atoms in total. The van der Waals surface area contributed by atoms with Gasteiger partial charge >= 0.3 is 0 Å². The third-order valence-corrected chi connectivity index (χ3v) is 7.26. The molecule has 2 atom stereocenters. The minimum Gasteiger partial charge on any atom is -0.497 e. The van der Waals surface area contributed by atoms with Crippen LogP contribution in [0.2, 0.25) is 0 Å². The summed E-state index contributed by atoms with van der Waals surface area (Å²) >= 11 is 0. The van der Waals surface area contributed by atoms with E-state index in [1.165, 1.54) is 0 Å². The van der Waals surface area contributed by atoms with Gasteiger partial charge in [0.15, 0.2) is 0 Å². The summed E-state index contributed by atoms with van der Waals surface area (Å²) in [6, 6.07) is 25.3. The summed E-state index contributed by atoms with van der Waals surface area (Å²) in [6.45, 7) is 3.98. The SMILES string of the molecule is CCC(C(=O)N[C@H](CN1CCC(O)C1)c1ccc(OC)cc1OC)(c1ccccc1)c1ccccc1. The van der Waals surface area contributed by atoms with Crippen LogP contribution in [-0.4, -0.2) is 55.9 Å². The van der Waals surface area contributed by atoms with Crippen LogP contribution < -0.4 is 14.8 Å². The number of carbonyl (C=O) groups is 1. The number of methoxy groups -OCH3 is 2. The molecule has 0 bridgehead atoms. The average molecular weight is 489 g/mol. The second kappa shape index (κ2) is 11.6. The monoisotopic (exact) mass is 488 g/mol. The summed E-state index contributed by atoms with van der Waals surface area (Å²) in [6.07, 6.45) is 0.984. The molecule has 190 valence electrons. The molecule has 1 saturated heterocycles. The van der Waals surface area contributed by atoms with E-state index < -0.39 is 5.41 Å². The van der Waals surface area contributed by atoms with Gasteiger partial charge in [-0.05, 0) is 36.1 Å². The number of aliphatic hydroxyl groups is 1. The molecule has 1 amide bonds. The molecule has 1 unspecified atom stereocenters. The van der Waals surface area contributed by atoms with E-state index in [-0.39, 0.29) is 18.1 Å². The molecule has 3 aromatic rings. The van der Waals surface area contributed by atoms with Crippen LogP contribution in [0.25, 0.3) is 0 Å². The van der Waals surface area contributed by atoms with Gasteiger partial charge in [-0.15, -0.1) is 0 Å². The first-order valence-corrected chi connectivity index (χ1v) is 12.6. The summed E-state index contributed by atoms with van der Waals surface area (Å²) in [7, 11) is 3.25. The van der Waals surface area contributed by atoms with Gasteiger partial charge in [0.1, 0.15) is 11.5 Å². The number of rotatable bonds is 10. The van der Waals surface area contributed by atoms with Crippen molar-refractivity contribution in [2.45, 2.75) is 37.3 Å². The highest BCUT2D eigenvalue weighted by Crippen LogP contribution is 2.38. The largest absolute Gasteiger partial charge is 0.497 e. The zero-order chi connectivity index (χ0) is 25.5. The van der Waals surface area contributed by atoms with Gasteiger partial charge in [-0.2, -0.15) is 0 Å². The number of benzene rings is 3. The van der Waals surface area contributed by atoms with Crippen LogP contribution in [0.15, 0.2) is 78.9 Å². The molecule has 2 N–H and O–H groups in total.